The fourth-order valence-electron chi connectivity index (χ4n) is 1.33. The fraction of sp³-hybridized carbons (Fsp3) is 0.833. The quantitative estimate of drug-likeness (QED) is 0.486. The highest BCUT2D eigenvalue weighted by molar-refractivity contribution is 5.75. The molecule has 4 heteroatoms. The molecule has 0 unspecified atom stereocenters. The fourth-order valence-corrected chi connectivity index (χ4v) is 1.33. The molecular formula is C12H23NO3. The van der Waals surface area contributed by atoms with Crippen molar-refractivity contribution in [1.82, 2.24) is 5.32 Å². The molecule has 4 nitrogen and oxygen atoms in total. The summed E-state index contributed by atoms with van der Waals surface area (Å²) < 4.78 is 4.82. The van der Waals surface area contributed by atoms with E-state index in [1.165, 1.54) is 0 Å². The molecular weight excluding hydrogens is 206 g/mol. The van der Waals surface area contributed by atoms with Crippen LogP contribution in [0.3, 0.4) is 0 Å². The largest absolute Gasteiger partial charge is 0.466 e. The zero-order chi connectivity index (χ0) is 12.2. The third-order valence-corrected chi connectivity index (χ3v) is 2.26. The van der Waals surface area contributed by atoms with E-state index in [2.05, 4.69) is 5.32 Å². The monoisotopic (exact) mass is 229 g/mol. The third kappa shape index (κ3) is 9.49. The number of esters is 1. The summed E-state index contributed by atoms with van der Waals surface area (Å²) in [7, 11) is 0. The first kappa shape index (κ1) is 14.9. The zero-order valence-corrected chi connectivity index (χ0v) is 10.4. The average Bonchev–Trinajstić information content (AvgIpc) is 2.27. The Morgan fingerprint density at radius 3 is 2.38 bits per heavy atom. The number of amides is 1. The molecule has 0 aliphatic carbocycles. The Hall–Kier alpha value is -1.06. The Morgan fingerprint density at radius 2 is 1.75 bits per heavy atom. The van der Waals surface area contributed by atoms with E-state index in [-0.39, 0.29) is 11.9 Å². The Kier molecular flexibility index (Phi) is 9.76. The van der Waals surface area contributed by atoms with E-state index in [1.807, 2.05) is 13.8 Å². The molecule has 0 aromatic carbocycles. The first-order chi connectivity index (χ1) is 7.70. The Labute approximate surface area is 97.7 Å². The van der Waals surface area contributed by atoms with E-state index in [1.54, 1.807) is 0 Å². The highest BCUT2D eigenvalue weighted by Gasteiger charge is 2.00. The van der Waals surface area contributed by atoms with Gasteiger partial charge in [-0.1, -0.05) is 19.8 Å². The van der Waals surface area contributed by atoms with Gasteiger partial charge in [0.2, 0.25) is 5.91 Å². The predicted octanol–water partition coefficient (Wildman–Crippen LogP) is 2.03. The van der Waals surface area contributed by atoms with E-state index in [4.69, 9.17) is 4.74 Å². The first-order valence-electron chi connectivity index (χ1n) is 6.13. The third-order valence-electron chi connectivity index (χ3n) is 2.26. The van der Waals surface area contributed by atoms with Gasteiger partial charge in [-0.15, -0.1) is 0 Å². The number of hydrogen-bond donors (Lipinski definition) is 1. The van der Waals surface area contributed by atoms with E-state index >= 15 is 0 Å². The SMILES string of the molecule is CCOC(=O)CCCCCCNC(=O)CC. The number of ether oxygens (including phenoxy) is 1. The van der Waals surface area contributed by atoms with Crippen LogP contribution in [-0.2, 0) is 14.3 Å². The van der Waals surface area contributed by atoms with Crippen LogP contribution in [-0.4, -0.2) is 25.0 Å². The summed E-state index contributed by atoms with van der Waals surface area (Å²) in [5, 5.41) is 2.82. The van der Waals surface area contributed by atoms with Gasteiger partial charge in [0, 0.05) is 19.4 Å². The summed E-state index contributed by atoms with van der Waals surface area (Å²) in [4.78, 5) is 21.9. The lowest BCUT2D eigenvalue weighted by atomic mass is 10.1. The molecule has 0 aromatic heterocycles. The maximum Gasteiger partial charge on any atom is 0.305 e. The van der Waals surface area contributed by atoms with Gasteiger partial charge in [-0.3, -0.25) is 9.59 Å². The van der Waals surface area contributed by atoms with Crippen LogP contribution in [0.1, 0.15) is 52.4 Å². The molecule has 0 saturated heterocycles. The summed E-state index contributed by atoms with van der Waals surface area (Å²) in [5.41, 5.74) is 0. The number of hydrogen-bond acceptors (Lipinski definition) is 3. The molecule has 0 radical (unpaired) electrons. The lowest BCUT2D eigenvalue weighted by Crippen LogP contribution is -2.23. The van der Waals surface area contributed by atoms with Crippen molar-refractivity contribution in [1.29, 1.82) is 0 Å². The molecule has 0 aromatic rings. The van der Waals surface area contributed by atoms with Crippen LogP contribution in [0.5, 0.6) is 0 Å². The van der Waals surface area contributed by atoms with Gasteiger partial charge in [0.1, 0.15) is 0 Å². The Bertz CT molecular complexity index is 204. The minimum Gasteiger partial charge on any atom is -0.466 e. The van der Waals surface area contributed by atoms with E-state index in [0.717, 1.165) is 32.2 Å². The predicted molar refractivity (Wildman–Crippen MR) is 63.0 cm³/mol. The Balaban J connectivity index is 3.15. The van der Waals surface area contributed by atoms with Crippen LogP contribution in [0.25, 0.3) is 0 Å². The lowest BCUT2D eigenvalue weighted by Gasteiger charge is -2.03. The summed E-state index contributed by atoms with van der Waals surface area (Å²) >= 11 is 0. The van der Waals surface area contributed by atoms with Gasteiger partial charge in [0.15, 0.2) is 0 Å². The van der Waals surface area contributed by atoms with Crippen LogP contribution < -0.4 is 5.32 Å². The Morgan fingerprint density at radius 1 is 1.06 bits per heavy atom. The number of nitrogens with one attached hydrogen (secondary N) is 1. The normalized spacial score (nSPS) is 9.88. The van der Waals surface area contributed by atoms with Gasteiger partial charge in [-0.2, -0.15) is 0 Å². The highest BCUT2D eigenvalue weighted by atomic mass is 16.5. The van der Waals surface area contributed by atoms with Crippen molar-refractivity contribution in [2.75, 3.05) is 13.2 Å². The van der Waals surface area contributed by atoms with Crippen molar-refractivity contribution in [2.24, 2.45) is 0 Å². The van der Waals surface area contributed by atoms with Gasteiger partial charge in [-0.25, -0.2) is 0 Å². The number of rotatable bonds is 9. The number of unbranched alkanes of at least 4 members (excludes halogenated alkanes) is 3. The molecule has 0 spiro atoms. The van der Waals surface area contributed by atoms with Gasteiger partial charge in [-0.05, 0) is 19.8 Å². The lowest BCUT2D eigenvalue weighted by molar-refractivity contribution is -0.143. The van der Waals surface area contributed by atoms with Crippen molar-refractivity contribution < 1.29 is 14.3 Å². The van der Waals surface area contributed by atoms with Crippen LogP contribution >= 0.6 is 0 Å². The topological polar surface area (TPSA) is 55.4 Å². The molecule has 94 valence electrons. The first-order valence-corrected chi connectivity index (χ1v) is 6.13. The molecule has 0 rings (SSSR count). The molecule has 16 heavy (non-hydrogen) atoms. The van der Waals surface area contributed by atoms with Crippen molar-refractivity contribution in [3.8, 4) is 0 Å². The van der Waals surface area contributed by atoms with Gasteiger partial charge in [0.05, 0.1) is 6.61 Å². The number of carbonyl (C=O) groups is 2. The molecule has 0 aliphatic rings. The van der Waals surface area contributed by atoms with Gasteiger partial charge < -0.3 is 10.1 Å². The molecule has 1 N–H and O–H groups in total. The smallest absolute Gasteiger partial charge is 0.305 e. The standard InChI is InChI=1S/C12H23NO3/c1-3-11(14)13-10-8-6-5-7-9-12(15)16-4-2/h3-10H2,1-2H3,(H,13,14). The van der Waals surface area contributed by atoms with Crippen molar-refractivity contribution >= 4 is 11.9 Å². The van der Waals surface area contributed by atoms with E-state index < -0.39 is 0 Å². The van der Waals surface area contributed by atoms with Crippen LogP contribution in [0, 0.1) is 0 Å². The second-order valence-electron chi connectivity index (χ2n) is 3.67. The summed E-state index contributed by atoms with van der Waals surface area (Å²) in [6, 6.07) is 0. The van der Waals surface area contributed by atoms with Crippen molar-refractivity contribution in [2.45, 2.75) is 52.4 Å². The van der Waals surface area contributed by atoms with Gasteiger partial charge in [0.25, 0.3) is 0 Å². The molecule has 0 atom stereocenters. The van der Waals surface area contributed by atoms with Crippen LogP contribution in [0.2, 0.25) is 0 Å². The molecule has 0 fully saturated rings. The molecule has 0 heterocycles. The maximum atomic E-state index is 11.0. The van der Waals surface area contributed by atoms with Gasteiger partial charge >= 0.3 is 5.97 Å². The summed E-state index contributed by atoms with van der Waals surface area (Å²) in [5.74, 6) is -0.00620. The highest BCUT2D eigenvalue weighted by Crippen LogP contribution is 2.03. The minimum absolute atomic E-state index is 0.103. The van der Waals surface area contributed by atoms with Crippen LogP contribution in [0.4, 0.5) is 0 Å². The molecule has 0 bridgehead atoms. The second-order valence-corrected chi connectivity index (χ2v) is 3.67. The minimum atomic E-state index is -0.109. The second kappa shape index (κ2) is 10.5. The maximum absolute atomic E-state index is 11.0. The van der Waals surface area contributed by atoms with Crippen LogP contribution in [0.15, 0.2) is 0 Å². The van der Waals surface area contributed by atoms with Crippen molar-refractivity contribution in [3.63, 3.8) is 0 Å². The van der Waals surface area contributed by atoms with E-state index in [0.29, 0.717) is 19.4 Å². The van der Waals surface area contributed by atoms with E-state index in [9.17, 15) is 9.59 Å². The summed E-state index contributed by atoms with van der Waals surface area (Å²) in [6.45, 7) is 4.86. The average molecular weight is 229 g/mol. The molecule has 0 saturated carbocycles. The summed E-state index contributed by atoms with van der Waals surface area (Å²) in [6.07, 6.45) is 4.97. The molecule has 0 aliphatic heterocycles. The number of carbonyl (C=O) groups excluding carboxylic acids is 2. The zero-order valence-electron chi connectivity index (χ0n) is 10.4. The molecule has 1 amide bonds. The van der Waals surface area contributed by atoms with Crippen molar-refractivity contribution in [3.05, 3.63) is 0 Å².